The van der Waals surface area contributed by atoms with E-state index in [0.717, 1.165) is 0 Å². The summed E-state index contributed by atoms with van der Waals surface area (Å²) in [5.74, 6) is -8.03. The van der Waals surface area contributed by atoms with Crippen LogP contribution in [0.1, 0.15) is 129 Å². The lowest BCUT2D eigenvalue weighted by atomic mass is 10.0. The fraction of sp³-hybridized carbons (Fsp3) is 0.714. The molecule has 0 aliphatic carbocycles. The molecule has 0 bridgehead atoms. The van der Waals surface area contributed by atoms with Crippen molar-refractivity contribution in [3.05, 3.63) is 30.0 Å². The first-order chi connectivity index (χ1) is 42.5. The van der Waals surface area contributed by atoms with Crippen molar-refractivity contribution in [3.8, 4) is 0 Å². The molecule has 1 aromatic rings. The minimum atomic E-state index is -1.58. The van der Waals surface area contributed by atoms with Crippen molar-refractivity contribution >= 4 is 65.0 Å². The fourth-order valence-electron chi connectivity index (χ4n) is 9.53. The molecule has 0 spiro atoms. The van der Waals surface area contributed by atoms with Gasteiger partial charge in [0.2, 0.25) is 53.2 Å². The van der Waals surface area contributed by atoms with Gasteiger partial charge >= 0.3 is 0 Å². The van der Waals surface area contributed by atoms with Crippen molar-refractivity contribution in [2.24, 2.45) is 51.8 Å². The number of imidazole rings is 1. The Morgan fingerprint density at radius 1 is 0.663 bits per heavy atom. The molecule has 1 saturated heterocycles. The molecule has 0 saturated carbocycles. The molecule has 29 N–H and O–H groups in total. The predicted octanol–water partition coefficient (Wildman–Crippen LogP) is -6.48. The van der Waals surface area contributed by atoms with Gasteiger partial charge in [0.25, 0.3) is 5.91 Å². The van der Waals surface area contributed by atoms with Gasteiger partial charge in [0, 0.05) is 44.5 Å². The number of aliphatic hydroxyl groups excluding tert-OH is 1. The second-order valence-corrected chi connectivity index (χ2v) is 22.4. The van der Waals surface area contributed by atoms with Crippen molar-refractivity contribution in [1.29, 1.82) is 5.41 Å². The molecule has 33 heteroatoms. The zero-order valence-corrected chi connectivity index (χ0v) is 51.8. The smallest absolute Gasteiger partial charge is 0.268 e. The predicted molar refractivity (Wildman–Crippen MR) is 333 cm³/mol. The van der Waals surface area contributed by atoms with E-state index in [4.69, 9.17) is 51.3 Å². The van der Waals surface area contributed by atoms with E-state index < -0.39 is 127 Å². The zero-order chi connectivity index (χ0) is 66.3. The third-order valence-corrected chi connectivity index (χ3v) is 14.4. The molecule has 504 valence electrons. The molecule has 0 radical (unpaired) electrons. The number of hydrogen-bond acceptors (Lipinski definition) is 20. The van der Waals surface area contributed by atoms with Crippen LogP contribution in [0.2, 0.25) is 0 Å². The van der Waals surface area contributed by atoms with Gasteiger partial charge in [0.05, 0.1) is 25.0 Å². The normalized spacial score (nSPS) is 15.8. The van der Waals surface area contributed by atoms with Crippen molar-refractivity contribution < 1.29 is 53.1 Å². The summed E-state index contributed by atoms with van der Waals surface area (Å²) in [5, 5.41) is 44.6. The van der Waals surface area contributed by atoms with Crippen LogP contribution in [0.3, 0.4) is 0 Å². The number of guanidine groups is 1. The lowest BCUT2D eigenvalue weighted by Crippen LogP contribution is -2.61. The Hall–Kier alpha value is -7.40. The summed E-state index contributed by atoms with van der Waals surface area (Å²) in [6, 6.07) is -9.96. The Morgan fingerprint density at radius 2 is 1.26 bits per heavy atom. The number of aliphatic hydroxyl groups is 1. The molecule has 2 heterocycles. The highest BCUT2D eigenvalue weighted by atomic mass is 16.3. The van der Waals surface area contributed by atoms with E-state index in [1.165, 1.54) is 23.5 Å². The quantitative estimate of drug-likeness (QED) is 0.0125. The number of aromatic amines is 1. The summed E-state index contributed by atoms with van der Waals surface area (Å²) in [4.78, 5) is 147. The monoisotopic (exact) mass is 1260 g/mol. The standard InChI is InChI=1S/C56H104N22O11/c1-34(2)28-41(76-54(88)46(44(79)30-62)77-47(81)36(63)14-3-6-20-57)49(83)69-32-45(80)71-40(17-11-24-61)55(89)78-27-13-19-43(78)53(87)75-42(29-35-31-66-33-70-35)52(86)74-38(16-5-8-22-59)50(84)73-39(18-12-26-68-56(64)65)51(85)72-37(15-4-7-21-58)48(82)67-25-10-9-23-60/h18,31,33-34,36-38,40-44,46,79H,3-17,19-30,32,57-63H2,1-2H3,(H,66,70)(H,67,82)(H,69,83)(H,71,80)(H,72,85)(H,73,84)(H,74,86)(H,75,87)(H,76,88)(H,77,81)(H4,64,65,68)/b39-18-/t36-,37-,38-,40+,41-,42-,43-,44-,46-/m0/s1. The Balaban J connectivity index is 2.38. The number of likely N-dealkylation sites (tertiary alicyclic amines) is 1. The Morgan fingerprint density at radius 3 is 1.85 bits per heavy atom. The van der Waals surface area contributed by atoms with Crippen LogP contribution in [0.4, 0.5) is 0 Å². The molecule has 0 aromatic carbocycles. The number of unbranched alkanes of at least 4 members (excludes halogenated alkanes) is 4. The van der Waals surface area contributed by atoms with Crippen LogP contribution >= 0.6 is 0 Å². The maximum absolute atomic E-state index is 14.5. The molecule has 2 rings (SSSR count). The highest BCUT2D eigenvalue weighted by Crippen LogP contribution is 2.21. The fourth-order valence-corrected chi connectivity index (χ4v) is 9.53. The first-order valence-electron chi connectivity index (χ1n) is 30.9. The first kappa shape index (κ1) is 77.7. The van der Waals surface area contributed by atoms with Crippen molar-refractivity contribution in [1.82, 2.24) is 68.0 Å². The Bertz CT molecular complexity index is 2400. The summed E-state index contributed by atoms with van der Waals surface area (Å²) in [7, 11) is 0. The number of amides is 10. The van der Waals surface area contributed by atoms with Crippen LogP contribution in [0.25, 0.3) is 0 Å². The Labute approximate surface area is 521 Å². The molecule has 1 aromatic heterocycles. The molecule has 0 unspecified atom stereocenters. The molecule has 10 amide bonds. The van der Waals surface area contributed by atoms with Crippen LogP contribution in [0.15, 0.2) is 24.3 Å². The van der Waals surface area contributed by atoms with Crippen LogP contribution in [0.5, 0.6) is 0 Å². The van der Waals surface area contributed by atoms with E-state index in [1.54, 1.807) is 13.8 Å². The van der Waals surface area contributed by atoms with Crippen molar-refractivity contribution in [2.75, 3.05) is 65.4 Å². The van der Waals surface area contributed by atoms with Gasteiger partial charge in [0.1, 0.15) is 48.0 Å². The van der Waals surface area contributed by atoms with Gasteiger partial charge in [-0.25, -0.2) is 4.98 Å². The summed E-state index contributed by atoms with van der Waals surface area (Å²) in [6.45, 7) is 4.54. The maximum atomic E-state index is 14.5. The number of nitrogens with two attached hydrogens (primary N) is 8. The van der Waals surface area contributed by atoms with Crippen molar-refractivity contribution in [2.45, 2.75) is 184 Å². The third kappa shape index (κ3) is 30.1. The second kappa shape index (κ2) is 44.1. The van der Waals surface area contributed by atoms with Crippen LogP contribution in [-0.4, -0.2) is 205 Å². The number of H-pyrrole nitrogens is 1. The molecule has 1 fully saturated rings. The number of carbonyl (C=O) groups is 10. The van der Waals surface area contributed by atoms with Crippen LogP contribution in [0, 0.1) is 11.3 Å². The number of hydrogen-bond donors (Lipinski definition) is 21. The van der Waals surface area contributed by atoms with Gasteiger partial charge < -0.3 is 114 Å². The lowest BCUT2D eigenvalue weighted by Gasteiger charge is -2.30. The molecule has 33 nitrogen and oxygen atoms in total. The van der Waals surface area contributed by atoms with Gasteiger partial charge in [-0.3, -0.25) is 53.4 Å². The van der Waals surface area contributed by atoms with E-state index in [9.17, 15) is 53.1 Å². The first-order valence-corrected chi connectivity index (χ1v) is 30.9. The maximum Gasteiger partial charge on any atom is 0.268 e. The molecular weight excluding hydrogens is 1160 g/mol. The van der Waals surface area contributed by atoms with E-state index >= 15 is 0 Å². The minimum Gasteiger partial charge on any atom is -0.389 e. The zero-order valence-electron chi connectivity index (χ0n) is 51.8. The Kier molecular flexibility index (Phi) is 38.5. The molecule has 89 heavy (non-hydrogen) atoms. The summed E-state index contributed by atoms with van der Waals surface area (Å²) >= 11 is 0. The topological polar surface area (TPSA) is 575 Å². The van der Waals surface area contributed by atoms with Gasteiger partial charge in [0.15, 0.2) is 5.96 Å². The largest absolute Gasteiger partial charge is 0.389 e. The molecule has 1 aliphatic rings. The SMILES string of the molecule is CC(C)C[C@H](NC(=O)[C@@H](NC(=O)[C@@H](N)CCCCN)[C@@H](O)CN)C(=O)NCC(=O)N[C@H](CCCN)C(=O)N1CCC[C@H]1C(=O)N[C@@H](Cc1cnc[nH]1)C(=O)N[C@@H](CCCCN)C(=O)N/C(=C\CCNC(=N)N)C(=O)N[C@@H](CCCCN)C(=O)NCCCCN. The summed E-state index contributed by atoms with van der Waals surface area (Å²) < 4.78 is 0. The van der Waals surface area contributed by atoms with E-state index in [2.05, 4.69) is 63.1 Å². The number of nitrogens with one attached hydrogen (secondary N) is 12. The average molecular weight is 1260 g/mol. The number of nitrogens with zero attached hydrogens (tertiary/aromatic N) is 2. The van der Waals surface area contributed by atoms with Gasteiger partial charge in [-0.1, -0.05) is 26.3 Å². The van der Waals surface area contributed by atoms with Crippen LogP contribution < -0.4 is 99.0 Å². The van der Waals surface area contributed by atoms with Crippen LogP contribution in [-0.2, 0) is 54.4 Å². The molecule has 9 atom stereocenters. The number of aromatic nitrogens is 2. The lowest BCUT2D eigenvalue weighted by molar-refractivity contribution is -0.142. The van der Waals surface area contributed by atoms with E-state index in [-0.39, 0.29) is 102 Å². The average Bonchev–Trinajstić information content (AvgIpc) is 2.37. The highest BCUT2D eigenvalue weighted by Gasteiger charge is 2.40. The third-order valence-electron chi connectivity index (χ3n) is 14.4. The molecule has 1 aliphatic heterocycles. The van der Waals surface area contributed by atoms with E-state index in [1.807, 2.05) is 0 Å². The van der Waals surface area contributed by atoms with E-state index in [0.29, 0.717) is 89.7 Å². The summed E-state index contributed by atoms with van der Waals surface area (Å²) in [5.41, 5.74) is 45.9. The van der Waals surface area contributed by atoms with Gasteiger partial charge in [-0.05, 0) is 141 Å². The van der Waals surface area contributed by atoms with Gasteiger partial charge in [-0.2, -0.15) is 0 Å². The second-order valence-electron chi connectivity index (χ2n) is 22.4. The number of carbonyl (C=O) groups excluding carboxylic acids is 10. The minimum absolute atomic E-state index is 0.0288. The highest BCUT2D eigenvalue weighted by molar-refractivity contribution is 6.02. The van der Waals surface area contributed by atoms with Gasteiger partial charge in [-0.15, -0.1) is 0 Å². The number of rotatable bonds is 46. The molecular formula is C56H104N22O11. The van der Waals surface area contributed by atoms with Crippen molar-refractivity contribution in [3.63, 3.8) is 0 Å². The summed E-state index contributed by atoms with van der Waals surface area (Å²) in [6.07, 6.45) is 8.27.